The van der Waals surface area contributed by atoms with Crippen molar-refractivity contribution < 1.29 is 9.47 Å². The maximum Gasteiger partial charge on any atom is 0.162 e. The number of aromatic nitrogens is 2. The van der Waals surface area contributed by atoms with Gasteiger partial charge in [0.25, 0.3) is 0 Å². The third-order valence-corrected chi connectivity index (χ3v) is 6.17. The minimum atomic E-state index is 0.170. The Morgan fingerprint density at radius 1 is 1.20 bits per heavy atom. The molecule has 0 aliphatic carbocycles. The summed E-state index contributed by atoms with van der Waals surface area (Å²) in [7, 11) is 1.65. The molecule has 6 nitrogen and oxygen atoms in total. The van der Waals surface area contributed by atoms with E-state index in [1.807, 2.05) is 36.4 Å². The zero-order chi connectivity index (χ0) is 20.9. The van der Waals surface area contributed by atoms with Crippen LogP contribution in [0, 0.1) is 12.3 Å². The summed E-state index contributed by atoms with van der Waals surface area (Å²) in [6.45, 7) is 2.09. The summed E-state index contributed by atoms with van der Waals surface area (Å²) in [6.07, 6.45) is 9.23. The van der Waals surface area contributed by atoms with Crippen LogP contribution < -0.4 is 14.8 Å². The molecule has 1 N–H and O–H groups in total. The van der Waals surface area contributed by atoms with Crippen molar-refractivity contribution in [3.05, 3.63) is 48.3 Å². The van der Waals surface area contributed by atoms with Crippen molar-refractivity contribution in [1.29, 1.82) is 0 Å². The molecule has 2 heterocycles. The molecule has 0 amide bonds. The highest BCUT2D eigenvalue weighted by Crippen LogP contribution is 2.36. The van der Waals surface area contributed by atoms with E-state index in [0.29, 0.717) is 17.3 Å². The van der Waals surface area contributed by atoms with Gasteiger partial charge in [-0.25, -0.2) is 9.97 Å². The van der Waals surface area contributed by atoms with E-state index in [1.165, 1.54) is 6.33 Å². The zero-order valence-electron chi connectivity index (χ0n) is 16.8. The lowest BCUT2D eigenvalue weighted by Gasteiger charge is -2.31. The van der Waals surface area contributed by atoms with Crippen LogP contribution in [0.3, 0.4) is 0 Å². The van der Waals surface area contributed by atoms with Crippen LogP contribution in [0.5, 0.6) is 11.5 Å². The van der Waals surface area contributed by atoms with Gasteiger partial charge < -0.3 is 14.8 Å². The number of hydrogen-bond donors (Lipinski definition) is 1. The number of anilines is 2. The van der Waals surface area contributed by atoms with Crippen LogP contribution in [0.25, 0.3) is 10.9 Å². The average molecular weight is 514 g/mol. The number of benzene rings is 2. The first-order chi connectivity index (χ1) is 14.7. The van der Waals surface area contributed by atoms with Gasteiger partial charge in [-0.1, -0.05) is 34.6 Å². The highest BCUT2D eigenvalue weighted by molar-refractivity contribution is 14.1. The van der Waals surface area contributed by atoms with Gasteiger partial charge in [-0.15, -0.1) is 6.42 Å². The van der Waals surface area contributed by atoms with E-state index in [0.717, 1.165) is 52.6 Å². The predicted octanol–water partition coefficient (Wildman–Crippen LogP) is 4.60. The molecule has 0 atom stereocenters. The van der Waals surface area contributed by atoms with E-state index in [2.05, 4.69) is 48.7 Å². The lowest BCUT2D eigenvalue weighted by molar-refractivity contribution is 0.110. The molecule has 30 heavy (non-hydrogen) atoms. The standard InChI is InChI=1S/C23H23IN4O2/c1-3-16-5-4-6-17(11-16)27-23-19-12-22(21(29-2)13-20(19)25-15-26-23)30-18-7-9-28(14-24)10-8-18/h1,4-6,11-13,15,18H,7-10,14H2,2H3,(H,25,26,27). The van der Waals surface area contributed by atoms with Gasteiger partial charge in [0.2, 0.25) is 0 Å². The number of halogens is 1. The number of rotatable bonds is 6. The fourth-order valence-corrected chi connectivity index (χ4v) is 4.25. The summed E-state index contributed by atoms with van der Waals surface area (Å²) in [4.78, 5) is 11.3. The van der Waals surface area contributed by atoms with Crippen LogP contribution in [-0.4, -0.2) is 45.7 Å². The number of likely N-dealkylation sites (tertiary alicyclic amines) is 1. The maximum atomic E-state index is 6.36. The van der Waals surface area contributed by atoms with Crippen LogP contribution in [0.2, 0.25) is 0 Å². The van der Waals surface area contributed by atoms with Gasteiger partial charge in [-0.2, -0.15) is 0 Å². The van der Waals surface area contributed by atoms with E-state index in [-0.39, 0.29) is 6.10 Å². The summed E-state index contributed by atoms with van der Waals surface area (Å²) < 4.78 is 13.0. The number of hydrogen-bond acceptors (Lipinski definition) is 6. The van der Waals surface area contributed by atoms with E-state index >= 15 is 0 Å². The molecular formula is C23H23IN4O2. The summed E-state index contributed by atoms with van der Waals surface area (Å²) in [5.74, 6) is 4.74. The molecular weight excluding hydrogens is 491 g/mol. The van der Waals surface area contributed by atoms with Gasteiger partial charge in [-0.3, -0.25) is 4.90 Å². The van der Waals surface area contributed by atoms with Crippen LogP contribution in [0.4, 0.5) is 11.5 Å². The van der Waals surface area contributed by atoms with Gasteiger partial charge in [0.05, 0.1) is 17.2 Å². The van der Waals surface area contributed by atoms with E-state index in [4.69, 9.17) is 15.9 Å². The molecule has 0 radical (unpaired) electrons. The topological polar surface area (TPSA) is 59.5 Å². The molecule has 4 rings (SSSR count). The van der Waals surface area contributed by atoms with E-state index in [9.17, 15) is 0 Å². The highest BCUT2D eigenvalue weighted by Gasteiger charge is 2.22. The smallest absolute Gasteiger partial charge is 0.162 e. The summed E-state index contributed by atoms with van der Waals surface area (Å²) in [6, 6.07) is 11.5. The molecule has 154 valence electrons. The minimum Gasteiger partial charge on any atom is -0.493 e. The number of methoxy groups -OCH3 is 1. The Labute approximate surface area is 190 Å². The molecule has 0 unspecified atom stereocenters. The van der Waals surface area contributed by atoms with Crippen molar-refractivity contribution in [1.82, 2.24) is 14.9 Å². The first kappa shape index (κ1) is 20.7. The summed E-state index contributed by atoms with van der Waals surface area (Å²) in [5, 5.41) is 4.22. The summed E-state index contributed by atoms with van der Waals surface area (Å²) in [5.41, 5.74) is 2.46. The quantitative estimate of drug-likeness (QED) is 0.225. The summed E-state index contributed by atoms with van der Waals surface area (Å²) >= 11 is 2.41. The van der Waals surface area contributed by atoms with Gasteiger partial charge in [0, 0.05) is 35.8 Å². The number of piperidine rings is 1. The number of nitrogens with one attached hydrogen (secondary N) is 1. The maximum absolute atomic E-state index is 6.36. The average Bonchev–Trinajstić information content (AvgIpc) is 2.79. The number of fused-ring (bicyclic) bond motifs is 1. The predicted molar refractivity (Wildman–Crippen MR) is 128 cm³/mol. The Hall–Kier alpha value is -2.57. The first-order valence-corrected chi connectivity index (χ1v) is 11.3. The third kappa shape index (κ3) is 4.60. The second-order valence-corrected chi connectivity index (χ2v) is 7.83. The number of ether oxygens (including phenoxy) is 2. The van der Waals surface area contributed by atoms with Crippen molar-refractivity contribution in [2.75, 3.05) is 30.1 Å². The Bertz CT molecular complexity index is 1070. The lowest BCUT2D eigenvalue weighted by Crippen LogP contribution is -2.37. The Morgan fingerprint density at radius 3 is 2.77 bits per heavy atom. The molecule has 0 bridgehead atoms. The largest absolute Gasteiger partial charge is 0.493 e. The minimum absolute atomic E-state index is 0.170. The SMILES string of the molecule is C#Cc1cccc(Nc2ncnc3cc(OC)c(OC4CCN(CI)CC4)cc23)c1. The normalized spacial score (nSPS) is 15.0. The Kier molecular flexibility index (Phi) is 6.55. The molecule has 0 spiro atoms. The Morgan fingerprint density at radius 2 is 2.03 bits per heavy atom. The monoisotopic (exact) mass is 514 g/mol. The number of nitrogens with zero attached hydrogens (tertiary/aromatic N) is 3. The zero-order valence-corrected chi connectivity index (χ0v) is 18.9. The van der Waals surface area contributed by atoms with Crippen molar-refractivity contribution >= 4 is 45.0 Å². The van der Waals surface area contributed by atoms with Gasteiger partial charge >= 0.3 is 0 Å². The molecule has 7 heteroatoms. The molecule has 1 aliphatic heterocycles. The van der Waals surface area contributed by atoms with Gasteiger partial charge in [0.1, 0.15) is 18.2 Å². The molecule has 1 aliphatic rings. The third-order valence-electron chi connectivity index (χ3n) is 5.21. The second-order valence-electron chi connectivity index (χ2n) is 7.15. The number of alkyl halides is 1. The molecule has 1 fully saturated rings. The van der Waals surface area contributed by atoms with E-state index < -0.39 is 0 Å². The molecule has 3 aromatic rings. The van der Waals surface area contributed by atoms with Crippen LogP contribution in [0.1, 0.15) is 18.4 Å². The molecule has 0 saturated carbocycles. The fourth-order valence-electron chi connectivity index (χ4n) is 3.56. The van der Waals surface area contributed by atoms with Crippen molar-refractivity contribution in [2.24, 2.45) is 0 Å². The highest BCUT2D eigenvalue weighted by atomic mass is 127. The Balaban J connectivity index is 1.64. The van der Waals surface area contributed by atoms with Crippen molar-refractivity contribution in [2.45, 2.75) is 18.9 Å². The molecule has 2 aromatic carbocycles. The van der Waals surface area contributed by atoms with Crippen LogP contribution in [-0.2, 0) is 0 Å². The second kappa shape index (κ2) is 9.49. The van der Waals surface area contributed by atoms with Crippen LogP contribution >= 0.6 is 22.6 Å². The van der Waals surface area contributed by atoms with E-state index in [1.54, 1.807) is 7.11 Å². The number of terminal acetylenes is 1. The van der Waals surface area contributed by atoms with Crippen molar-refractivity contribution in [3.8, 4) is 23.8 Å². The van der Waals surface area contributed by atoms with Crippen molar-refractivity contribution in [3.63, 3.8) is 0 Å². The first-order valence-electron chi connectivity index (χ1n) is 9.81. The lowest BCUT2D eigenvalue weighted by atomic mass is 10.1. The van der Waals surface area contributed by atoms with Gasteiger partial charge in [-0.05, 0) is 37.1 Å². The van der Waals surface area contributed by atoms with Crippen LogP contribution in [0.15, 0.2) is 42.7 Å². The van der Waals surface area contributed by atoms with Gasteiger partial charge in [0.15, 0.2) is 11.5 Å². The molecule has 1 aromatic heterocycles. The molecule has 1 saturated heterocycles. The fraction of sp³-hybridized carbons (Fsp3) is 0.304.